The summed E-state index contributed by atoms with van der Waals surface area (Å²) in [6.45, 7) is 2.09. The molecule has 0 saturated heterocycles. The molecule has 0 aliphatic carbocycles. The first-order valence-electron chi connectivity index (χ1n) is 11.1. The normalized spacial score (nSPS) is 12.1. The Balaban J connectivity index is 1.51. The topological polar surface area (TPSA) is 86.3 Å². The molecule has 4 rings (SSSR count). The Morgan fingerprint density at radius 1 is 1.03 bits per heavy atom. The van der Waals surface area contributed by atoms with Crippen LogP contribution in [0.4, 0.5) is 0 Å². The number of nitrogens with zero attached hydrogens (tertiary/aromatic N) is 1. The molecule has 1 atom stereocenters. The highest BCUT2D eigenvalue weighted by Gasteiger charge is 2.23. The zero-order chi connectivity index (χ0) is 23.9. The van der Waals surface area contributed by atoms with E-state index in [1.165, 1.54) is 5.56 Å². The number of hydrazone groups is 1. The summed E-state index contributed by atoms with van der Waals surface area (Å²) in [5.74, 6) is -0.773. The molecule has 1 aromatic heterocycles. The summed E-state index contributed by atoms with van der Waals surface area (Å²) >= 11 is 5.93. The fraction of sp³-hybridized carbons (Fsp3) is 0.148. The number of amides is 2. The summed E-state index contributed by atoms with van der Waals surface area (Å²) in [6.07, 6.45) is 4.70. The number of aryl methyl sites for hydroxylation is 1. The van der Waals surface area contributed by atoms with E-state index in [9.17, 15) is 9.59 Å². The standard InChI is InChI=1S/C27H25ClN4O2/c1-2-18-7-9-19(10-8-18)16-30-32-27(34)25(31-26(33)20-11-13-22(28)14-12-20)15-21-17-29-24-6-4-3-5-23(21)24/h3-14,16-17,25,29H,2,15H2,1H3,(H,31,33)(H,32,34)/b30-16-/t25-/m0/s1. The number of hydrogen-bond donors (Lipinski definition) is 3. The van der Waals surface area contributed by atoms with Crippen molar-refractivity contribution in [2.45, 2.75) is 25.8 Å². The lowest BCUT2D eigenvalue weighted by Gasteiger charge is -2.17. The largest absolute Gasteiger partial charge is 0.361 e. The fourth-order valence-corrected chi connectivity index (χ4v) is 3.79. The predicted molar refractivity (Wildman–Crippen MR) is 136 cm³/mol. The van der Waals surface area contributed by atoms with Crippen molar-refractivity contribution in [3.8, 4) is 0 Å². The van der Waals surface area contributed by atoms with Gasteiger partial charge in [-0.1, -0.05) is 61.0 Å². The minimum atomic E-state index is -0.831. The van der Waals surface area contributed by atoms with Gasteiger partial charge < -0.3 is 10.3 Å². The summed E-state index contributed by atoms with van der Waals surface area (Å²) in [5, 5.41) is 8.47. The Labute approximate surface area is 203 Å². The third kappa shape index (κ3) is 5.71. The highest BCUT2D eigenvalue weighted by atomic mass is 35.5. The number of nitrogens with one attached hydrogen (secondary N) is 3. The smallest absolute Gasteiger partial charge is 0.262 e. The molecule has 0 radical (unpaired) electrons. The molecule has 7 heteroatoms. The highest BCUT2D eigenvalue weighted by molar-refractivity contribution is 6.30. The van der Waals surface area contributed by atoms with Crippen LogP contribution in [0.1, 0.15) is 34.0 Å². The fourth-order valence-electron chi connectivity index (χ4n) is 3.66. The monoisotopic (exact) mass is 472 g/mol. The number of H-pyrrole nitrogens is 1. The van der Waals surface area contributed by atoms with E-state index in [2.05, 4.69) is 27.8 Å². The van der Waals surface area contributed by atoms with Crippen LogP contribution in [-0.2, 0) is 17.6 Å². The molecular formula is C27H25ClN4O2. The van der Waals surface area contributed by atoms with Gasteiger partial charge in [0.2, 0.25) is 0 Å². The van der Waals surface area contributed by atoms with E-state index >= 15 is 0 Å². The first-order valence-corrected chi connectivity index (χ1v) is 11.4. The molecule has 0 aliphatic heterocycles. The summed E-state index contributed by atoms with van der Waals surface area (Å²) in [7, 11) is 0. The lowest BCUT2D eigenvalue weighted by Crippen LogP contribution is -2.46. The second kappa shape index (κ2) is 10.8. The Hall–Kier alpha value is -3.90. The Morgan fingerprint density at radius 2 is 1.76 bits per heavy atom. The quantitative estimate of drug-likeness (QED) is 0.252. The van der Waals surface area contributed by atoms with Gasteiger partial charge in [-0.3, -0.25) is 9.59 Å². The zero-order valence-electron chi connectivity index (χ0n) is 18.7. The molecule has 0 fully saturated rings. The summed E-state index contributed by atoms with van der Waals surface area (Å²) < 4.78 is 0. The highest BCUT2D eigenvalue weighted by Crippen LogP contribution is 2.19. The van der Waals surface area contributed by atoms with E-state index in [4.69, 9.17) is 11.6 Å². The minimum Gasteiger partial charge on any atom is -0.361 e. The van der Waals surface area contributed by atoms with Crippen LogP contribution in [-0.4, -0.2) is 29.1 Å². The molecule has 3 aromatic carbocycles. The van der Waals surface area contributed by atoms with Crippen LogP contribution in [0.2, 0.25) is 5.02 Å². The summed E-state index contributed by atoms with van der Waals surface area (Å²) in [5.41, 5.74) is 6.98. The number of aromatic nitrogens is 1. The number of aromatic amines is 1. The zero-order valence-corrected chi connectivity index (χ0v) is 19.5. The second-order valence-electron chi connectivity index (χ2n) is 7.93. The maximum absolute atomic E-state index is 13.0. The number of carbonyl (C=O) groups excluding carboxylic acids is 2. The lowest BCUT2D eigenvalue weighted by molar-refractivity contribution is -0.122. The number of rotatable bonds is 8. The van der Waals surface area contributed by atoms with Gasteiger partial charge in [-0.05, 0) is 53.4 Å². The van der Waals surface area contributed by atoms with Crippen molar-refractivity contribution in [1.82, 2.24) is 15.7 Å². The van der Waals surface area contributed by atoms with Crippen molar-refractivity contribution in [1.29, 1.82) is 0 Å². The molecule has 0 aliphatic rings. The number of para-hydroxylation sites is 1. The van der Waals surface area contributed by atoms with Gasteiger partial charge in [-0.2, -0.15) is 5.10 Å². The predicted octanol–water partition coefficient (Wildman–Crippen LogP) is 4.88. The molecule has 172 valence electrons. The van der Waals surface area contributed by atoms with Gasteiger partial charge in [0.15, 0.2) is 0 Å². The lowest BCUT2D eigenvalue weighted by atomic mass is 10.0. The molecular weight excluding hydrogens is 448 g/mol. The van der Waals surface area contributed by atoms with Crippen LogP contribution in [0.5, 0.6) is 0 Å². The molecule has 4 aromatic rings. The SMILES string of the molecule is CCc1ccc(/C=N\NC(=O)[C@H](Cc2c[nH]c3ccccc23)NC(=O)c2ccc(Cl)cc2)cc1. The Kier molecular flexibility index (Phi) is 7.40. The first-order chi connectivity index (χ1) is 16.5. The van der Waals surface area contributed by atoms with Crippen molar-refractivity contribution < 1.29 is 9.59 Å². The molecule has 6 nitrogen and oxygen atoms in total. The minimum absolute atomic E-state index is 0.301. The van der Waals surface area contributed by atoms with E-state index in [-0.39, 0.29) is 5.91 Å². The van der Waals surface area contributed by atoms with Crippen LogP contribution in [0.15, 0.2) is 84.1 Å². The number of carbonyl (C=O) groups is 2. The third-order valence-electron chi connectivity index (χ3n) is 5.60. The van der Waals surface area contributed by atoms with Crippen LogP contribution < -0.4 is 10.7 Å². The number of halogens is 1. The second-order valence-corrected chi connectivity index (χ2v) is 8.36. The van der Waals surface area contributed by atoms with Gasteiger partial charge in [-0.25, -0.2) is 5.43 Å². The van der Waals surface area contributed by atoms with Gasteiger partial charge in [0.1, 0.15) is 6.04 Å². The number of hydrogen-bond acceptors (Lipinski definition) is 3. The van der Waals surface area contributed by atoms with Crippen molar-refractivity contribution in [2.24, 2.45) is 5.10 Å². The number of benzene rings is 3. The van der Waals surface area contributed by atoms with Gasteiger partial charge >= 0.3 is 0 Å². The van der Waals surface area contributed by atoms with Gasteiger partial charge in [0, 0.05) is 34.1 Å². The van der Waals surface area contributed by atoms with Crippen molar-refractivity contribution in [3.63, 3.8) is 0 Å². The van der Waals surface area contributed by atoms with Crippen molar-refractivity contribution in [2.75, 3.05) is 0 Å². The van der Waals surface area contributed by atoms with E-state index in [0.717, 1.165) is 28.5 Å². The molecule has 34 heavy (non-hydrogen) atoms. The third-order valence-corrected chi connectivity index (χ3v) is 5.86. The Bertz CT molecular complexity index is 1310. The van der Waals surface area contributed by atoms with Crippen LogP contribution >= 0.6 is 11.6 Å². The van der Waals surface area contributed by atoms with E-state index in [1.54, 1.807) is 30.5 Å². The molecule has 0 spiro atoms. The van der Waals surface area contributed by atoms with Gasteiger partial charge in [0.25, 0.3) is 11.8 Å². The van der Waals surface area contributed by atoms with Crippen LogP contribution in [0.25, 0.3) is 10.9 Å². The maximum atomic E-state index is 13.0. The molecule has 1 heterocycles. The van der Waals surface area contributed by atoms with Crippen LogP contribution in [0, 0.1) is 0 Å². The van der Waals surface area contributed by atoms with E-state index in [1.807, 2.05) is 54.7 Å². The first kappa shape index (κ1) is 23.3. The van der Waals surface area contributed by atoms with Crippen molar-refractivity contribution >= 4 is 40.5 Å². The van der Waals surface area contributed by atoms with Gasteiger partial charge in [-0.15, -0.1) is 0 Å². The summed E-state index contributed by atoms with van der Waals surface area (Å²) in [6, 6.07) is 21.5. The average molecular weight is 473 g/mol. The molecule has 0 saturated carbocycles. The molecule has 0 unspecified atom stereocenters. The Morgan fingerprint density at radius 3 is 2.50 bits per heavy atom. The number of fused-ring (bicyclic) bond motifs is 1. The van der Waals surface area contributed by atoms with Gasteiger partial charge in [0.05, 0.1) is 6.21 Å². The maximum Gasteiger partial charge on any atom is 0.262 e. The van der Waals surface area contributed by atoms with Crippen LogP contribution in [0.3, 0.4) is 0 Å². The van der Waals surface area contributed by atoms with E-state index in [0.29, 0.717) is 17.0 Å². The van der Waals surface area contributed by atoms with Crippen molar-refractivity contribution in [3.05, 3.63) is 106 Å². The average Bonchev–Trinajstić information content (AvgIpc) is 3.27. The molecule has 3 N–H and O–H groups in total. The molecule has 2 amide bonds. The molecule has 0 bridgehead atoms. The summed E-state index contributed by atoms with van der Waals surface area (Å²) in [4.78, 5) is 29.1. The van der Waals surface area contributed by atoms with E-state index < -0.39 is 11.9 Å².